The van der Waals surface area contributed by atoms with Gasteiger partial charge in [-0.15, -0.1) is 0 Å². The quantitative estimate of drug-likeness (QED) is 0.565. The monoisotopic (exact) mass is 220 g/mol. The van der Waals surface area contributed by atoms with E-state index in [2.05, 4.69) is 0 Å². The summed E-state index contributed by atoms with van der Waals surface area (Å²) in [4.78, 5) is 12.4. The first-order valence-electron chi connectivity index (χ1n) is 4.86. The van der Waals surface area contributed by atoms with Gasteiger partial charge in [-0.2, -0.15) is 0 Å². The van der Waals surface area contributed by atoms with E-state index >= 15 is 0 Å². The fraction of sp³-hybridized carbons (Fsp3) is 0.273. The normalized spacial score (nSPS) is 14.1. The van der Waals surface area contributed by atoms with Crippen molar-refractivity contribution < 1.29 is 9.66 Å². The van der Waals surface area contributed by atoms with Crippen molar-refractivity contribution >= 4 is 17.5 Å². The highest BCUT2D eigenvalue weighted by atomic mass is 16.6. The summed E-state index contributed by atoms with van der Waals surface area (Å²) < 4.78 is 5.15. The molecule has 2 rings (SSSR count). The molecule has 84 valence electrons. The molecule has 1 aromatic carbocycles. The lowest BCUT2D eigenvalue weighted by Crippen LogP contribution is -2.24. The van der Waals surface area contributed by atoms with Gasteiger partial charge in [-0.1, -0.05) is 6.07 Å². The summed E-state index contributed by atoms with van der Waals surface area (Å²) in [7, 11) is 3.45. The number of methoxy groups -OCH3 is 1. The Hall–Kier alpha value is -2.04. The van der Waals surface area contributed by atoms with Gasteiger partial charge < -0.3 is 9.64 Å². The molecule has 1 heterocycles. The molecule has 0 atom stereocenters. The van der Waals surface area contributed by atoms with Gasteiger partial charge in [-0.05, 0) is 12.1 Å². The van der Waals surface area contributed by atoms with Crippen LogP contribution >= 0.6 is 0 Å². The SMILES string of the molecule is COC1=Cc2c(cccc2[N+](=O)[O-])N(C)C1. The molecule has 1 aliphatic rings. The van der Waals surface area contributed by atoms with Crippen molar-refractivity contribution in [2.24, 2.45) is 0 Å². The van der Waals surface area contributed by atoms with Gasteiger partial charge >= 0.3 is 0 Å². The van der Waals surface area contributed by atoms with Crippen LogP contribution in [0.3, 0.4) is 0 Å². The Labute approximate surface area is 93.1 Å². The van der Waals surface area contributed by atoms with Crippen LogP contribution in [0.25, 0.3) is 6.08 Å². The smallest absolute Gasteiger partial charge is 0.278 e. The summed E-state index contributed by atoms with van der Waals surface area (Å²) in [5.74, 6) is 0.726. The van der Waals surface area contributed by atoms with E-state index in [1.54, 1.807) is 19.3 Å². The maximum atomic E-state index is 10.9. The molecule has 5 heteroatoms. The fourth-order valence-electron chi connectivity index (χ4n) is 1.83. The molecule has 0 aliphatic carbocycles. The first-order valence-corrected chi connectivity index (χ1v) is 4.86. The number of nitro benzene ring substituents is 1. The second-order valence-corrected chi connectivity index (χ2v) is 3.64. The average Bonchev–Trinajstić information content (AvgIpc) is 2.28. The molecule has 1 aromatic rings. The number of fused-ring (bicyclic) bond motifs is 1. The average molecular weight is 220 g/mol. The Morgan fingerprint density at radius 2 is 2.25 bits per heavy atom. The molecule has 0 unspecified atom stereocenters. The van der Waals surface area contributed by atoms with E-state index in [1.165, 1.54) is 6.07 Å². The lowest BCUT2D eigenvalue weighted by molar-refractivity contribution is -0.385. The van der Waals surface area contributed by atoms with Crippen LogP contribution in [0, 0.1) is 10.1 Å². The zero-order valence-corrected chi connectivity index (χ0v) is 9.14. The van der Waals surface area contributed by atoms with Crippen molar-refractivity contribution in [3.05, 3.63) is 39.6 Å². The van der Waals surface area contributed by atoms with Gasteiger partial charge in [0.1, 0.15) is 5.76 Å². The number of hydrogen-bond acceptors (Lipinski definition) is 4. The van der Waals surface area contributed by atoms with Gasteiger partial charge in [-0.3, -0.25) is 10.1 Å². The molecule has 0 N–H and O–H groups in total. The molecular weight excluding hydrogens is 208 g/mol. The number of rotatable bonds is 2. The Bertz CT molecular complexity index is 468. The third-order valence-corrected chi connectivity index (χ3v) is 2.63. The summed E-state index contributed by atoms with van der Waals surface area (Å²) in [5.41, 5.74) is 1.58. The highest BCUT2D eigenvalue weighted by molar-refractivity contribution is 5.78. The van der Waals surface area contributed by atoms with Crippen LogP contribution in [0.2, 0.25) is 0 Å². The number of anilines is 1. The van der Waals surface area contributed by atoms with Crippen LogP contribution in [-0.2, 0) is 4.74 Å². The van der Waals surface area contributed by atoms with Gasteiger partial charge in [0.25, 0.3) is 5.69 Å². The third kappa shape index (κ3) is 1.60. The van der Waals surface area contributed by atoms with Gasteiger partial charge in [0.2, 0.25) is 0 Å². The summed E-state index contributed by atoms with van der Waals surface area (Å²) >= 11 is 0. The summed E-state index contributed by atoms with van der Waals surface area (Å²) in [6, 6.07) is 5.06. The lowest BCUT2D eigenvalue weighted by Gasteiger charge is -2.26. The van der Waals surface area contributed by atoms with Crippen LogP contribution in [-0.4, -0.2) is 25.6 Å². The first-order chi connectivity index (χ1) is 7.63. The van der Waals surface area contributed by atoms with E-state index < -0.39 is 0 Å². The van der Waals surface area contributed by atoms with E-state index in [0.717, 1.165) is 11.4 Å². The van der Waals surface area contributed by atoms with Crippen LogP contribution < -0.4 is 4.90 Å². The molecule has 0 spiro atoms. The molecule has 0 amide bonds. The van der Waals surface area contributed by atoms with Crippen LogP contribution in [0.5, 0.6) is 0 Å². The van der Waals surface area contributed by atoms with Gasteiger partial charge in [0, 0.05) is 13.1 Å². The Morgan fingerprint density at radius 1 is 1.50 bits per heavy atom. The highest BCUT2D eigenvalue weighted by Gasteiger charge is 2.22. The van der Waals surface area contributed by atoms with E-state index in [1.807, 2.05) is 18.0 Å². The standard InChI is InChI=1S/C11H12N2O3/c1-12-7-8(16-2)6-9-10(12)4-3-5-11(9)13(14)15/h3-6H,7H2,1-2H3. The first kappa shape index (κ1) is 10.5. The second kappa shape index (κ2) is 3.84. The molecule has 0 fully saturated rings. The molecule has 0 radical (unpaired) electrons. The zero-order valence-electron chi connectivity index (χ0n) is 9.14. The number of benzene rings is 1. The second-order valence-electron chi connectivity index (χ2n) is 3.64. The maximum Gasteiger partial charge on any atom is 0.278 e. The molecule has 1 aliphatic heterocycles. The van der Waals surface area contributed by atoms with Gasteiger partial charge in [0.15, 0.2) is 0 Å². The van der Waals surface area contributed by atoms with Gasteiger partial charge in [0.05, 0.1) is 29.8 Å². The molecule has 0 bridgehead atoms. The minimum absolute atomic E-state index is 0.110. The topological polar surface area (TPSA) is 55.6 Å². The molecule has 5 nitrogen and oxygen atoms in total. The van der Waals surface area contributed by atoms with E-state index in [4.69, 9.17) is 4.74 Å². The molecule has 0 saturated heterocycles. The summed E-state index contributed by atoms with van der Waals surface area (Å²) in [5, 5.41) is 10.9. The Kier molecular flexibility index (Phi) is 2.52. The van der Waals surface area contributed by atoms with E-state index in [0.29, 0.717) is 12.1 Å². The summed E-state index contributed by atoms with van der Waals surface area (Å²) in [6.07, 6.45) is 1.73. The van der Waals surface area contributed by atoms with Crippen molar-refractivity contribution in [2.45, 2.75) is 0 Å². The number of hydrogen-bond donors (Lipinski definition) is 0. The molecule has 0 saturated carbocycles. The number of nitro groups is 1. The molecular formula is C11H12N2O3. The minimum Gasteiger partial charge on any atom is -0.499 e. The Balaban J connectivity index is 2.61. The van der Waals surface area contributed by atoms with Crippen molar-refractivity contribution in [3.63, 3.8) is 0 Å². The predicted molar refractivity (Wildman–Crippen MR) is 61.4 cm³/mol. The van der Waals surface area contributed by atoms with Crippen molar-refractivity contribution in [2.75, 3.05) is 25.6 Å². The molecule has 0 aromatic heterocycles. The third-order valence-electron chi connectivity index (χ3n) is 2.63. The minimum atomic E-state index is -0.373. The zero-order chi connectivity index (χ0) is 11.7. The number of nitrogens with zero attached hydrogens (tertiary/aromatic N) is 2. The molecule has 16 heavy (non-hydrogen) atoms. The van der Waals surface area contributed by atoms with Crippen molar-refractivity contribution in [1.82, 2.24) is 0 Å². The Morgan fingerprint density at radius 3 is 2.88 bits per heavy atom. The highest BCUT2D eigenvalue weighted by Crippen LogP contribution is 2.34. The van der Waals surface area contributed by atoms with Crippen molar-refractivity contribution in [1.29, 1.82) is 0 Å². The van der Waals surface area contributed by atoms with Crippen LogP contribution in [0.1, 0.15) is 5.56 Å². The summed E-state index contributed by atoms with van der Waals surface area (Å²) in [6.45, 7) is 0.630. The van der Waals surface area contributed by atoms with E-state index in [9.17, 15) is 10.1 Å². The van der Waals surface area contributed by atoms with E-state index in [-0.39, 0.29) is 10.6 Å². The van der Waals surface area contributed by atoms with Crippen molar-refractivity contribution in [3.8, 4) is 0 Å². The lowest BCUT2D eigenvalue weighted by atomic mass is 10.1. The number of likely N-dealkylation sites (N-methyl/N-ethyl adjacent to an activating group) is 1. The fourth-order valence-corrected chi connectivity index (χ4v) is 1.83. The predicted octanol–water partition coefficient (Wildman–Crippen LogP) is 2.03. The van der Waals surface area contributed by atoms with Gasteiger partial charge in [-0.25, -0.2) is 0 Å². The maximum absolute atomic E-state index is 10.9. The largest absolute Gasteiger partial charge is 0.499 e. The number of ether oxygens (including phenoxy) is 1. The van der Waals surface area contributed by atoms with Crippen LogP contribution in [0.4, 0.5) is 11.4 Å². The van der Waals surface area contributed by atoms with Crippen LogP contribution in [0.15, 0.2) is 24.0 Å².